The maximum absolute atomic E-state index is 11.9. The van der Waals surface area contributed by atoms with Gasteiger partial charge in [-0.1, -0.05) is 27.7 Å². The van der Waals surface area contributed by atoms with Gasteiger partial charge in [-0.25, -0.2) is 0 Å². The molecule has 2 fully saturated rings. The Bertz CT molecular complexity index is 284. The third-order valence-corrected chi connectivity index (χ3v) is 4.18. The molecule has 1 amide bonds. The van der Waals surface area contributed by atoms with Gasteiger partial charge in [-0.2, -0.15) is 0 Å². The van der Waals surface area contributed by atoms with Crippen molar-refractivity contribution >= 4 is 5.91 Å². The van der Waals surface area contributed by atoms with Gasteiger partial charge in [0.2, 0.25) is 5.91 Å². The largest absolute Gasteiger partial charge is 0.353 e. The Kier molecular flexibility index (Phi) is 3.02. The van der Waals surface area contributed by atoms with Crippen molar-refractivity contribution < 1.29 is 4.79 Å². The topological polar surface area (TPSA) is 29.1 Å². The minimum absolute atomic E-state index is 0.308. The number of nitrogens with one attached hydrogen (secondary N) is 1. The highest BCUT2D eigenvalue weighted by Gasteiger charge is 2.41. The third kappa shape index (κ3) is 2.78. The van der Waals surface area contributed by atoms with E-state index in [1.807, 2.05) is 0 Å². The Balaban J connectivity index is 1.87. The van der Waals surface area contributed by atoms with Gasteiger partial charge in [0, 0.05) is 12.0 Å². The second-order valence-electron chi connectivity index (χ2n) is 6.94. The smallest absolute Gasteiger partial charge is 0.223 e. The molecule has 2 heteroatoms. The van der Waals surface area contributed by atoms with Gasteiger partial charge in [0.25, 0.3) is 0 Å². The summed E-state index contributed by atoms with van der Waals surface area (Å²) in [6.07, 6.45) is 4.69. The lowest BCUT2D eigenvalue weighted by atomic mass is 9.70. The lowest BCUT2D eigenvalue weighted by Gasteiger charge is -2.39. The van der Waals surface area contributed by atoms with Crippen LogP contribution in [0.25, 0.3) is 0 Å². The monoisotopic (exact) mass is 223 g/mol. The van der Waals surface area contributed by atoms with E-state index in [9.17, 15) is 4.79 Å². The normalized spacial score (nSPS) is 41.5. The summed E-state index contributed by atoms with van der Waals surface area (Å²) >= 11 is 0. The zero-order chi connectivity index (χ0) is 11.9. The van der Waals surface area contributed by atoms with Crippen LogP contribution in [-0.2, 0) is 4.79 Å². The molecule has 92 valence electrons. The molecule has 0 spiro atoms. The first kappa shape index (κ1) is 11.9. The molecule has 16 heavy (non-hydrogen) atoms. The number of hydrogen-bond donors (Lipinski definition) is 1. The van der Waals surface area contributed by atoms with Crippen LogP contribution < -0.4 is 5.32 Å². The molecule has 0 aromatic carbocycles. The number of rotatable bonds is 2. The first-order valence-electron chi connectivity index (χ1n) is 6.68. The van der Waals surface area contributed by atoms with Gasteiger partial charge in [-0.15, -0.1) is 0 Å². The Hall–Kier alpha value is -0.530. The molecule has 0 saturated heterocycles. The van der Waals surface area contributed by atoms with Gasteiger partial charge in [0.05, 0.1) is 0 Å². The molecule has 0 aliphatic heterocycles. The summed E-state index contributed by atoms with van der Waals surface area (Å²) in [7, 11) is 0. The van der Waals surface area contributed by atoms with Gasteiger partial charge < -0.3 is 5.32 Å². The van der Waals surface area contributed by atoms with Crippen molar-refractivity contribution in [3.8, 4) is 0 Å². The van der Waals surface area contributed by atoms with Crippen molar-refractivity contribution in [1.82, 2.24) is 5.32 Å². The summed E-state index contributed by atoms with van der Waals surface area (Å²) in [5, 5.41) is 3.26. The van der Waals surface area contributed by atoms with E-state index in [-0.39, 0.29) is 0 Å². The highest BCUT2D eigenvalue weighted by molar-refractivity contribution is 5.81. The maximum atomic E-state index is 11.9. The predicted molar refractivity (Wildman–Crippen MR) is 66.0 cm³/mol. The number of carbonyl (C=O) groups is 1. The average molecular weight is 223 g/mol. The fourth-order valence-electron chi connectivity index (χ4n) is 3.45. The molecular weight excluding hydrogens is 198 g/mol. The van der Waals surface area contributed by atoms with Crippen LogP contribution in [0.1, 0.15) is 53.4 Å². The van der Waals surface area contributed by atoms with Crippen molar-refractivity contribution in [3.63, 3.8) is 0 Å². The summed E-state index contributed by atoms with van der Waals surface area (Å²) in [6.45, 7) is 9.11. The highest BCUT2D eigenvalue weighted by atomic mass is 16.2. The summed E-state index contributed by atoms with van der Waals surface area (Å²) in [6, 6.07) is 0.416. The van der Waals surface area contributed by atoms with Gasteiger partial charge in [-0.3, -0.25) is 4.79 Å². The first-order chi connectivity index (χ1) is 7.37. The van der Waals surface area contributed by atoms with Crippen LogP contribution in [0.15, 0.2) is 0 Å². The zero-order valence-electron chi connectivity index (χ0n) is 11.0. The molecule has 0 unspecified atom stereocenters. The van der Waals surface area contributed by atoms with Crippen molar-refractivity contribution in [2.75, 3.05) is 0 Å². The molecule has 2 aliphatic carbocycles. The van der Waals surface area contributed by atoms with E-state index in [1.165, 1.54) is 6.42 Å². The van der Waals surface area contributed by atoms with Crippen LogP contribution in [0.5, 0.6) is 0 Å². The molecule has 2 rings (SSSR count). The van der Waals surface area contributed by atoms with Crippen molar-refractivity contribution in [3.05, 3.63) is 0 Å². The van der Waals surface area contributed by atoms with Gasteiger partial charge in [0.15, 0.2) is 0 Å². The molecule has 0 aromatic rings. The molecule has 2 aliphatic rings. The van der Waals surface area contributed by atoms with E-state index in [1.54, 1.807) is 0 Å². The van der Waals surface area contributed by atoms with Crippen LogP contribution in [0.4, 0.5) is 0 Å². The van der Waals surface area contributed by atoms with Gasteiger partial charge in [0.1, 0.15) is 0 Å². The number of amides is 1. The fourth-order valence-corrected chi connectivity index (χ4v) is 3.45. The molecule has 0 aromatic heterocycles. The summed E-state index contributed by atoms with van der Waals surface area (Å²) in [5.41, 5.74) is 0.394. The highest BCUT2D eigenvalue weighted by Crippen LogP contribution is 2.40. The molecule has 0 radical (unpaired) electrons. The number of carbonyl (C=O) groups excluding carboxylic acids is 1. The lowest BCUT2D eigenvalue weighted by Crippen LogP contribution is -2.43. The number of hydrogen-bond acceptors (Lipinski definition) is 1. The fraction of sp³-hybridized carbons (Fsp3) is 0.929. The van der Waals surface area contributed by atoms with E-state index in [0.29, 0.717) is 29.2 Å². The van der Waals surface area contributed by atoms with Crippen molar-refractivity contribution in [2.45, 2.75) is 59.4 Å². The molecule has 4 atom stereocenters. The first-order valence-corrected chi connectivity index (χ1v) is 6.68. The van der Waals surface area contributed by atoms with E-state index in [2.05, 4.69) is 33.0 Å². The Morgan fingerprint density at radius 2 is 1.81 bits per heavy atom. The summed E-state index contributed by atoms with van der Waals surface area (Å²) in [5.74, 6) is 1.99. The van der Waals surface area contributed by atoms with E-state index in [4.69, 9.17) is 0 Å². The Morgan fingerprint density at radius 1 is 1.19 bits per heavy atom. The summed E-state index contributed by atoms with van der Waals surface area (Å²) < 4.78 is 0. The predicted octanol–water partition coefficient (Wildman–Crippen LogP) is 2.97. The molecule has 2 saturated carbocycles. The minimum atomic E-state index is 0.308. The second-order valence-corrected chi connectivity index (χ2v) is 6.94. The zero-order valence-corrected chi connectivity index (χ0v) is 11.0. The van der Waals surface area contributed by atoms with Gasteiger partial charge >= 0.3 is 0 Å². The van der Waals surface area contributed by atoms with Gasteiger partial charge in [-0.05, 0) is 42.9 Å². The van der Waals surface area contributed by atoms with Crippen molar-refractivity contribution in [1.29, 1.82) is 0 Å². The summed E-state index contributed by atoms with van der Waals surface area (Å²) in [4.78, 5) is 11.9. The molecular formula is C14H25NO. The molecule has 2 nitrogen and oxygen atoms in total. The third-order valence-electron chi connectivity index (χ3n) is 4.18. The minimum Gasteiger partial charge on any atom is -0.353 e. The molecule has 0 bridgehead atoms. The standard InChI is InChI=1S/C14H25NO/c1-9-5-11(8-14(3,4)7-9)15-13(16)12-6-10(12)2/h9-12H,5-8H2,1-4H3,(H,15,16)/t9-,10-,11-,12+/m0/s1. The van der Waals surface area contributed by atoms with Crippen LogP contribution in [0.2, 0.25) is 0 Å². The van der Waals surface area contributed by atoms with Crippen LogP contribution in [-0.4, -0.2) is 11.9 Å². The van der Waals surface area contributed by atoms with E-state index in [0.717, 1.165) is 25.2 Å². The Labute approximate surface area is 99.2 Å². The van der Waals surface area contributed by atoms with Crippen LogP contribution >= 0.6 is 0 Å². The maximum Gasteiger partial charge on any atom is 0.223 e. The van der Waals surface area contributed by atoms with Crippen LogP contribution in [0, 0.1) is 23.2 Å². The van der Waals surface area contributed by atoms with Crippen LogP contribution in [0.3, 0.4) is 0 Å². The second kappa shape index (κ2) is 4.05. The Morgan fingerprint density at radius 3 is 2.31 bits per heavy atom. The quantitative estimate of drug-likeness (QED) is 0.766. The molecule has 1 N–H and O–H groups in total. The van der Waals surface area contributed by atoms with E-state index >= 15 is 0 Å². The van der Waals surface area contributed by atoms with Crippen molar-refractivity contribution in [2.24, 2.45) is 23.2 Å². The van der Waals surface area contributed by atoms with E-state index < -0.39 is 0 Å². The average Bonchev–Trinajstić information content (AvgIpc) is 2.78. The SMILES string of the molecule is C[C@H]1C[C@H](NC(=O)[C@@H]2C[C@@H]2C)CC(C)(C)C1. The molecule has 0 heterocycles. The lowest BCUT2D eigenvalue weighted by molar-refractivity contribution is -0.123.